The molecule has 16 heavy (non-hydrogen) atoms. The van der Waals surface area contributed by atoms with Crippen LogP contribution >= 0.6 is 0 Å². The highest BCUT2D eigenvalue weighted by atomic mass is 16.5. The Bertz CT molecular complexity index is 292. The SMILES string of the molecule is C=C1C2CCC(C)(OCC)C1CCC2(C)C. The molecule has 0 aromatic carbocycles. The lowest BCUT2D eigenvalue weighted by molar-refractivity contribution is -0.105. The Morgan fingerprint density at radius 2 is 1.81 bits per heavy atom. The minimum atomic E-state index is 0.0683. The summed E-state index contributed by atoms with van der Waals surface area (Å²) in [7, 11) is 0. The van der Waals surface area contributed by atoms with Gasteiger partial charge in [-0.3, -0.25) is 0 Å². The molecule has 2 saturated carbocycles. The Balaban J connectivity index is 2.23. The fraction of sp³-hybridized carbons (Fsp3) is 0.867. The molecule has 3 atom stereocenters. The molecule has 3 unspecified atom stereocenters. The summed E-state index contributed by atoms with van der Waals surface area (Å²) >= 11 is 0. The van der Waals surface area contributed by atoms with Crippen molar-refractivity contribution in [1.29, 1.82) is 0 Å². The number of hydrogen-bond donors (Lipinski definition) is 0. The molecule has 0 radical (unpaired) electrons. The zero-order valence-corrected chi connectivity index (χ0v) is 11.3. The summed E-state index contributed by atoms with van der Waals surface area (Å²) in [5, 5.41) is 0. The molecule has 2 bridgehead atoms. The number of ether oxygens (including phenoxy) is 1. The van der Waals surface area contributed by atoms with Crippen molar-refractivity contribution in [3.63, 3.8) is 0 Å². The second-order valence-electron chi connectivity index (χ2n) is 6.49. The van der Waals surface area contributed by atoms with Crippen LogP contribution in [0.15, 0.2) is 12.2 Å². The van der Waals surface area contributed by atoms with E-state index in [1.165, 1.54) is 31.3 Å². The lowest BCUT2D eigenvalue weighted by Gasteiger charge is -2.54. The molecule has 0 aromatic rings. The van der Waals surface area contributed by atoms with Gasteiger partial charge in [0.1, 0.15) is 0 Å². The lowest BCUT2D eigenvalue weighted by atomic mass is 9.54. The molecule has 0 amide bonds. The minimum Gasteiger partial charge on any atom is -0.375 e. The van der Waals surface area contributed by atoms with Crippen molar-refractivity contribution in [2.75, 3.05) is 6.61 Å². The number of rotatable bonds is 2. The molecule has 92 valence electrons. The van der Waals surface area contributed by atoms with Gasteiger partial charge in [0.25, 0.3) is 0 Å². The summed E-state index contributed by atoms with van der Waals surface area (Å²) in [6, 6.07) is 0. The van der Waals surface area contributed by atoms with Crippen LogP contribution < -0.4 is 0 Å². The van der Waals surface area contributed by atoms with Gasteiger partial charge in [0.05, 0.1) is 5.60 Å². The topological polar surface area (TPSA) is 9.23 Å². The molecule has 0 aromatic heterocycles. The van der Waals surface area contributed by atoms with Crippen molar-refractivity contribution in [2.24, 2.45) is 17.3 Å². The molecule has 0 saturated heterocycles. The van der Waals surface area contributed by atoms with Crippen LogP contribution in [0.1, 0.15) is 53.4 Å². The fourth-order valence-electron chi connectivity index (χ4n) is 4.00. The van der Waals surface area contributed by atoms with Gasteiger partial charge in [-0.2, -0.15) is 0 Å². The van der Waals surface area contributed by atoms with Crippen LogP contribution in [-0.2, 0) is 4.74 Å². The van der Waals surface area contributed by atoms with E-state index in [1.807, 2.05) is 0 Å². The van der Waals surface area contributed by atoms with Crippen LogP contribution in [0.2, 0.25) is 0 Å². The maximum absolute atomic E-state index is 6.03. The Morgan fingerprint density at radius 3 is 2.44 bits per heavy atom. The Morgan fingerprint density at radius 1 is 1.19 bits per heavy atom. The molecule has 2 aliphatic rings. The zero-order chi connectivity index (χ0) is 12.0. The maximum atomic E-state index is 6.03. The van der Waals surface area contributed by atoms with E-state index in [0.29, 0.717) is 11.3 Å². The second-order valence-corrected chi connectivity index (χ2v) is 6.49. The van der Waals surface area contributed by atoms with Crippen LogP contribution in [0.25, 0.3) is 0 Å². The number of fused-ring (bicyclic) bond motifs is 2. The summed E-state index contributed by atoms with van der Waals surface area (Å²) in [5.41, 5.74) is 2.00. The van der Waals surface area contributed by atoms with E-state index in [9.17, 15) is 0 Å². The lowest BCUT2D eigenvalue weighted by Crippen LogP contribution is -2.50. The van der Waals surface area contributed by atoms with Gasteiger partial charge in [0.2, 0.25) is 0 Å². The molecule has 0 aliphatic heterocycles. The highest BCUT2D eigenvalue weighted by Crippen LogP contribution is 2.56. The van der Waals surface area contributed by atoms with Gasteiger partial charge in [-0.15, -0.1) is 0 Å². The van der Waals surface area contributed by atoms with E-state index in [2.05, 4.69) is 34.3 Å². The molecule has 0 heterocycles. The first kappa shape index (κ1) is 12.2. The predicted octanol–water partition coefficient (Wildman–Crippen LogP) is 4.18. The first-order valence-electron chi connectivity index (χ1n) is 6.73. The Kier molecular flexibility index (Phi) is 2.94. The highest BCUT2D eigenvalue weighted by Gasteiger charge is 2.50. The van der Waals surface area contributed by atoms with Crippen LogP contribution in [-0.4, -0.2) is 12.2 Å². The van der Waals surface area contributed by atoms with E-state index in [0.717, 1.165) is 12.5 Å². The quantitative estimate of drug-likeness (QED) is 0.637. The molecule has 2 fully saturated rings. The van der Waals surface area contributed by atoms with E-state index in [-0.39, 0.29) is 5.60 Å². The predicted molar refractivity (Wildman–Crippen MR) is 68.4 cm³/mol. The van der Waals surface area contributed by atoms with Gasteiger partial charge < -0.3 is 4.74 Å². The smallest absolute Gasteiger partial charge is 0.0719 e. The van der Waals surface area contributed by atoms with E-state index in [4.69, 9.17) is 4.74 Å². The van der Waals surface area contributed by atoms with Gasteiger partial charge in [-0.1, -0.05) is 26.0 Å². The molecule has 1 heteroatoms. The van der Waals surface area contributed by atoms with Crippen LogP contribution in [0, 0.1) is 17.3 Å². The summed E-state index contributed by atoms with van der Waals surface area (Å²) in [6.45, 7) is 14.4. The van der Waals surface area contributed by atoms with Crippen LogP contribution in [0.4, 0.5) is 0 Å². The molecule has 2 aliphatic carbocycles. The van der Waals surface area contributed by atoms with Crippen molar-refractivity contribution in [3.05, 3.63) is 12.2 Å². The third-order valence-electron chi connectivity index (χ3n) is 5.06. The maximum Gasteiger partial charge on any atom is 0.0719 e. The van der Waals surface area contributed by atoms with Gasteiger partial charge in [0, 0.05) is 12.5 Å². The molecule has 0 N–H and O–H groups in total. The highest BCUT2D eigenvalue weighted by molar-refractivity contribution is 5.21. The monoisotopic (exact) mass is 222 g/mol. The van der Waals surface area contributed by atoms with Gasteiger partial charge >= 0.3 is 0 Å². The average molecular weight is 222 g/mol. The summed E-state index contributed by atoms with van der Waals surface area (Å²) in [4.78, 5) is 0. The van der Waals surface area contributed by atoms with Gasteiger partial charge in [-0.05, 0) is 50.9 Å². The molecular weight excluding hydrogens is 196 g/mol. The van der Waals surface area contributed by atoms with Gasteiger partial charge in [0.15, 0.2) is 0 Å². The molecular formula is C15H26O. The van der Waals surface area contributed by atoms with Crippen LogP contribution in [0.3, 0.4) is 0 Å². The molecule has 1 nitrogen and oxygen atoms in total. The largest absolute Gasteiger partial charge is 0.375 e. The van der Waals surface area contributed by atoms with Crippen molar-refractivity contribution in [2.45, 2.75) is 59.0 Å². The first-order chi connectivity index (χ1) is 7.41. The second kappa shape index (κ2) is 3.87. The standard InChI is InChI=1S/C15H26O/c1-6-16-15(5)10-8-12-11(2)13(15)7-9-14(12,3)4/h12-13H,2,6-10H2,1,3-5H3. The summed E-state index contributed by atoms with van der Waals surface area (Å²) in [6.07, 6.45) is 5.06. The van der Waals surface area contributed by atoms with Crippen LogP contribution in [0.5, 0.6) is 0 Å². The van der Waals surface area contributed by atoms with Crippen molar-refractivity contribution in [3.8, 4) is 0 Å². The van der Waals surface area contributed by atoms with E-state index < -0.39 is 0 Å². The Labute approximate surface area is 100 Å². The summed E-state index contributed by atoms with van der Waals surface area (Å²) < 4.78 is 6.03. The average Bonchev–Trinajstić information content (AvgIpc) is 2.15. The molecule has 2 rings (SSSR count). The third-order valence-corrected chi connectivity index (χ3v) is 5.06. The van der Waals surface area contributed by atoms with Crippen molar-refractivity contribution in [1.82, 2.24) is 0 Å². The van der Waals surface area contributed by atoms with E-state index >= 15 is 0 Å². The third kappa shape index (κ3) is 1.73. The van der Waals surface area contributed by atoms with Crippen molar-refractivity contribution < 1.29 is 4.74 Å². The van der Waals surface area contributed by atoms with Gasteiger partial charge in [-0.25, -0.2) is 0 Å². The van der Waals surface area contributed by atoms with E-state index in [1.54, 1.807) is 0 Å². The summed E-state index contributed by atoms with van der Waals surface area (Å²) in [5.74, 6) is 1.32. The molecule has 0 spiro atoms. The van der Waals surface area contributed by atoms with Crippen molar-refractivity contribution >= 4 is 0 Å². The first-order valence-corrected chi connectivity index (χ1v) is 6.73. The number of hydrogen-bond acceptors (Lipinski definition) is 1. The fourth-order valence-corrected chi connectivity index (χ4v) is 4.00. The normalized spacial score (nSPS) is 42.1. The minimum absolute atomic E-state index is 0.0683. The zero-order valence-electron chi connectivity index (χ0n) is 11.3. The Hall–Kier alpha value is -0.300.